The number of carbonyl (C=O) groups is 2. The van der Waals surface area contributed by atoms with Gasteiger partial charge in [0, 0.05) is 28.6 Å². The average molecular weight is 335 g/mol. The summed E-state index contributed by atoms with van der Waals surface area (Å²) >= 11 is 1.63. The van der Waals surface area contributed by atoms with Gasteiger partial charge < -0.3 is 4.90 Å². The van der Waals surface area contributed by atoms with Crippen LogP contribution in [-0.2, 0) is 6.54 Å². The van der Waals surface area contributed by atoms with Crippen molar-refractivity contribution in [3.63, 3.8) is 0 Å². The van der Waals surface area contributed by atoms with E-state index < -0.39 is 0 Å². The third kappa shape index (κ3) is 3.60. The van der Waals surface area contributed by atoms with Gasteiger partial charge in [0.05, 0.1) is 6.54 Å². The average Bonchev–Trinajstić information content (AvgIpc) is 3.14. The maximum atomic E-state index is 12.5. The van der Waals surface area contributed by atoms with E-state index in [1.54, 1.807) is 59.7 Å². The summed E-state index contributed by atoms with van der Waals surface area (Å²) in [5.41, 5.74) is 1.81. The molecular weight excluding hydrogens is 318 g/mol. The van der Waals surface area contributed by atoms with E-state index in [9.17, 15) is 9.59 Å². The molecule has 0 saturated carbocycles. The molecular formula is C20H17NO2S. The second-order valence-corrected chi connectivity index (χ2v) is 6.55. The largest absolute Gasteiger partial charge is 0.337 e. The highest BCUT2D eigenvalue weighted by Crippen LogP contribution is 2.15. The zero-order valence-electron chi connectivity index (χ0n) is 13.3. The molecule has 3 rings (SSSR count). The van der Waals surface area contributed by atoms with Gasteiger partial charge in [0.25, 0.3) is 5.91 Å². The van der Waals surface area contributed by atoms with E-state index in [1.807, 2.05) is 35.7 Å². The topological polar surface area (TPSA) is 37.4 Å². The van der Waals surface area contributed by atoms with Gasteiger partial charge in [-0.3, -0.25) is 9.59 Å². The monoisotopic (exact) mass is 335 g/mol. The van der Waals surface area contributed by atoms with Crippen LogP contribution in [0.2, 0.25) is 0 Å². The van der Waals surface area contributed by atoms with Gasteiger partial charge in [-0.1, -0.05) is 48.5 Å². The molecule has 0 unspecified atom stereocenters. The standard InChI is InChI=1S/C20H17NO2S/c1-21(14-18-8-5-13-24-18)20(23)17-11-9-16(10-12-17)19(22)15-6-3-2-4-7-15/h2-13H,14H2,1H3. The van der Waals surface area contributed by atoms with Crippen LogP contribution in [0.5, 0.6) is 0 Å². The predicted molar refractivity (Wildman–Crippen MR) is 96.4 cm³/mol. The zero-order chi connectivity index (χ0) is 16.9. The Bertz CT molecular complexity index is 824. The Labute approximate surface area is 145 Å². The maximum Gasteiger partial charge on any atom is 0.253 e. The first-order valence-corrected chi connectivity index (χ1v) is 8.51. The number of nitrogens with zero attached hydrogens (tertiary/aromatic N) is 1. The van der Waals surface area contributed by atoms with Crippen molar-refractivity contribution in [1.29, 1.82) is 0 Å². The van der Waals surface area contributed by atoms with E-state index in [0.717, 1.165) is 4.88 Å². The zero-order valence-corrected chi connectivity index (χ0v) is 14.1. The normalized spacial score (nSPS) is 10.4. The van der Waals surface area contributed by atoms with Crippen LogP contribution in [-0.4, -0.2) is 23.6 Å². The van der Waals surface area contributed by atoms with Crippen LogP contribution in [0.15, 0.2) is 72.1 Å². The minimum atomic E-state index is -0.0536. The van der Waals surface area contributed by atoms with E-state index >= 15 is 0 Å². The highest BCUT2D eigenvalue weighted by Gasteiger charge is 2.14. The lowest BCUT2D eigenvalue weighted by molar-refractivity contribution is 0.0786. The van der Waals surface area contributed by atoms with E-state index in [1.165, 1.54) is 0 Å². The Morgan fingerprint density at radius 3 is 2.08 bits per heavy atom. The highest BCUT2D eigenvalue weighted by atomic mass is 32.1. The molecule has 4 heteroatoms. The fraction of sp³-hybridized carbons (Fsp3) is 0.100. The number of ketones is 1. The lowest BCUT2D eigenvalue weighted by Crippen LogP contribution is -2.25. The number of rotatable bonds is 5. The van der Waals surface area contributed by atoms with E-state index in [4.69, 9.17) is 0 Å². The summed E-state index contributed by atoms with van der Waals surface area (Å²) in [5, 5.41) is 2.00. The molecule has 0 spiro atoms. The summed E-state index contributed by atoms with van der Waals surface area (Å²) in [6.07, 6.45) is 0. The van der Waals surface area contributed by atoms with Crippen LogP contribution in [0.1, 0.15) is 31.2 Å². The minimum Gasteiger partial charge on any atom is -0.337 e. The molecule has 1 heterocycles. The molecule has 3 aromatic rings. The third-order valence-electron chi connectivity index (χ3n) is 3.75. The van der Waals surface area contributed by atoms with Crippen LogP contribution >= 0.6 is 11.3 Å². The molecule has 0 saturated heterocycles. The third-order valence-corrected chi connectivity index (χ3v) is 4.61. The predicted octanol–water partition coefficient (Wildman–Crippen LogP) is 4.25. The molecule has 0 radical (unpaired) electrons. The summed E-state index contributed by atoms with van der Waals surface area (Å²) in [6, 6.07) is 20.0. The van der Waals surface area contributed by atoms with Crippen molar-refractivity contribution in [3.05, 3.63) is 93.7 Å². The molecule has 0 aliphatic carbocycles. The molecule has 3 nitrogen and oxygen atoms in total. The Morgan fingerprint density at radius 1 is 0.833 bits per heavy atom. The lowest BCUT2D eigenvalue weighted by Gasteiger charge is -2.16. The number of thiophene rings is 1. The van der Waals surface area contributed by atoms with Crippen molar-refractivity contribution >= 4 is 23.0 Å². The van der Waals surface area contributed by atoms with E-state index in [0.29, 0.717) is 23.2 Å². The Hall–Kier alpha value is -2.72. The SMILES string of the molecule is CN(Cc1cccs1)C(=O)c1ccc(C(=O)c2ccccc2)cc1. The molecule has 0 bridgehead atoms. The first-order valence-electron chi connectivity index (χ1n) is 7.63. The van der Waals surface area contributed by atoms with Gasteiger partial charge in [-0.05, 0) is 23.6 Å². The molecule has 24 heavy (non-hydrogen) atoms. The molecule has 120 valence electrons. The van der Waals surface area contributed by atoms with Gasteiger partial charge in [0.15, 0.2) is 5.78 Å². The van der Waals surface area contributed by atoms with Crippen LogP contribution in [0.25, 0.3) is 0 Å². The molecule has 0 aliphatic heterocycles. The van der Waals surface area contributed by atoms with Crippen molar-refractivity contribution in [2.45, 2.75) is 6.54 Å². The first kappa shape index (κ1) is 16.1. The van der Waals surface area contributed by atoms with Gasteiger partial charge >= 0.3 is 0 Å². The molecule has 1 aromatic heterocycles. The van der Waals surface area contributed by atoms with E-state index in [2.05, 4.69) is 0 Å². The quantitative estimate of drug-likeness (QED) is 0.654. The molecule has 0 atom stereocenters. The van der Waals surface area contributed by atoms with Gasteiger partial charge in [0.1, 0.15) is 0 Å². The van der Waals surface area contributed by atoms with Gasteiger partial charge in [-0.2, -0.15) is 0 Å². The Balaban J connectivity index is 1.72. The first-order chi connectivity index (χ1) is 11.6. The van der Waals surface area contributed by atoms with Crippen molar-refractivity contribution in [3.8, 4) is 0 Å². The Kier molecular flexibility index (Phi) is 4.87. The smallest absolute Gasteiger partial charge is 0.253 e. The summed E-state index contributed by atoms with van der Waals surface area (Å²) < 4.78 is 0. The fourth-order valence-electron chi connectivity index (χ4n) is 2.45. The summed E-state index contributed by atoms with van der Waals surface area (Å²) in [4.78, 5) is 27.7. The van der Waals surface area contributed by atoms with Crippen molar-refractivity contribution < 1.29 is 9.59 Å². The van der Waals surface area contributed by atoms with Crippen LogP contribution in [0.4, 0.5) is 0 Å². The minimum absolute atomic E-state index is 0.0402. The molecule has 0 fully saturated rings. The number of hydrogen-bond donors (Lipinski definition) is 0. The number of hydrogen-bond acceptors (Lipinski definition) is 3. The van der Waals surface area contributed by atoms with Crippen LogP contribution in [0, 0.1) is 0 Å². The van der Waals surface area contributed by atoms with Crippen molar-refractivity contribution in [1.82, 2.24) is 4.90 Å². The summed E-state index contributed by atoms with van der Waals surface area (Å²) in [7, 11) is 1.78. The molecule has 0 aliphatic rings. The fourth-order valence-corrected chi connectivity index (χ4v) is 3.21. The van der Waals surface area contributed by atoms with Crippen LogP contribution < -0.4 is 0 Å². The second-order valence-electron chi connectivity index (χ2n) is 5.51. The molecule has 0 N–H and O–H groups in total. The number of carbonyl (C=O) groups excluding carboxylic acids is 2. The lowest BCUT2D eigenvalue weighted by atomic mass is 10.0. The number of benzene rings is 2. The van der Waals surface area contributed by atoms with Gasteiger partial charge in [0.2, 0.25) is 0 Å². The summed E-state index contributed by atoms with van der Waals surface area (Å²) in [6.45, 7) is 0.585. The second kappa shape index (κ2) is 7.23. The Morgan fingerprint density at radius 2 is 1.46 bits per heavy atom. The van der Waals surface area contributed by atoms with Gasteiger partial charge in [-0.15, -0.1) is 11.3 Å². The highest BCUT2D eigenvalue weighted by molar-refractivity contribution is 7.09. The molecule has 2 aromatic carbocycles. The van der Waals surface area contributed by atoms with Crippen molar-refractivity contribution in [2.75, 3.05) is 7.05 Å². The van der Waals surface area contributed by atoms with Crippen LogP contribution in [0.3, 0.4) is 0 Å². The number of amides is 1. The van der Waals surface area contributed by atoms with Gasteiger partial charge in [-0.25, -0.2) is 0 Å². The summed E-state index contributed by atoms with van der Waals surface area (Å²) in [5.74, 6) is -0.0938. The maximum absolute atomic E-state index is 12.5. The van der Waals surface area contributed by atoms with Crippen molar-refractivity contribution in [2.24, 2.45) is 0 Å². The van der Waals surface area contributed by atoms with E-state index in [-0.39, 0.29) is 11.7 Å². The molecule has 1 amide bonds.